The normalized spacial score (nSPS) is 9.69. The summed E-state index contributed by atoms with van der Waals surface area (Å²) in [6.45, 7) is 1.60. The molecule has 0 N–H and O–H groups in total. The van der Waals surface area contributed by atoms with Gasteiger partial charge in [0.05, 0.1) is 9.95 Å². The summed E-state index contributed by atoms with van der Waals surface area (Å²) in [5.74, 6) is 0. The molecule has 0 fully saturated rings. The third-order valence-corrected chi connectivity index (χ3v) is 1.96. The molecule has 0 bridgehead atoms. The van der Waals surface area contributed by atoms with Crippen LogP contribution >= 0.6 is 11.6 Å². The van der Waals surface area contributed by atoms with Gasteiger partial charge >= 0.3 is 0 Å². The largest absolute Gasteiger partial charge is 0.298 e. The van der Waals surface area contributed by atoms with E-state index in [1.54, 1.807) is 6.92 Å². The van der Waals surface area contributed by atoms with Crippen molar-refractivity contribution in [2.75, 3.05) is 0 Å². The Labute approximate surface area is 79.3 Å². The molecule has 0 aromatic heterocycles. The van der Waals surface area contributed by atoms with E-state index in [2.05, 4.69) is 0 Å². The number of aldehydes is 1. The molecule has 0 saturated carbocycles. The molecule has 0 atom stereocenters. The van der Waals surface area contributed by atoms with E-state index in [0.29, 0.717) is 17.4 Å². The Kier molecular flexibility index (Phi) is 2.63. The van der Waals surface area contributed by atoms with Crippen molar-refractivity contribution in [3.63, 3.8) is 0 Å². The van der Waals surface area contributed by atoms with Gasteiger partial charge in [0, 0.05) is 17.7 Å². The first-order chi connectivity index (χ1) is 6.06. The number of benzene rings is 1. The van der Waals surface area contributed by atoms with Crippen molar-refractivity contribution in [1.82, 2.24) is 0 Å². The second-order valence-electron chi connectivity index (χ2n) is 2.53. The van der Waals surface area contributed by atoms with Crippen LogP contribution in [-0.2, 0) is 0 Å². The van der Waals surface area contributed by atoms with Gasteiger partial charge in [-0.25, -0.2) is 0 Å². The minimum atomic E-state index is -0.548. The van der Waals surface area contributed by atoms with Crippen LogP contribution in [0.2, 0.25) is 5.02 Å². The highest BCUT2D eigenvalue weighted by atomic mass is 35.5. The van der Waals surface area contributed by atoms with E-state index in [-0.39, 0.29) is 10.7 Å². The molecule has 1 aromatic carbocycles. The summed E-state index contributed by atoms with van der Waals surface area (Å²) in [5.41, 5.74) is 0.703. The number of halogens is 1. The zero-order valence-electron chi connectivity index (χ0n) is 6.78. The Morgan fingerprint density at radius 2 is 2.15 bits per heavy atom. The summed E-state index contributed by atoms with van der Waals surface area (Å²) in [6.07, 6.45) is 0.585. The standard InChI is InChI=1S/C8H6ClNO3/c1-5-2-6(10(12)13)3-8(9)7(5)4-11/h2-4H,1H3. The molecule has 0 saturated heterocycles. The van der Waals surface area contributed by atoms with Gasteiger partial charge in [0.15, 0.2) is 6.29 Å². The quantitative estimate of drug-likeness (QED) is 0.417. The van der Waals surface area contributed by atoms with Gasteiger partial charge in [-0.15, -0.1) is 0 Å². The Hall–Kier alpha value is -1.42. The van der Waals surface area contributed by atoms with Crippen LogP contribution in [0.25, 0.3) is 0 Å². The van der Waals surface area contributed by atoms with Crippen molar-refractivity contribution in [2.24, 2.45) is 0 Å². The van der Waals surface area contributed by atoms with Crippen LogP contribution in [0.4, 0.5) is 5.69 Å². The third kappa shape index (κ3) is 1.84. The smallest absolute Gasteiger partial charge is 0.271 e. The van der Waals surface area contributed by atoms with Crippen molar-refractivity contribution in [3.8, 4) is 0 Å². The number of aryl methyl sites for hydroxylation is 1. The summed E-state index contributed by atoms with van der Waals surface area (Å²) in [5, 5.41) is 10.5. The molecule has 0 heterocycles. The Balaban J connectivity index is 3.36. The Morgan fingerprint density at radius 1 is 1.54 bits per heavy atom. The molecular formula is C8H6ClNO3. The minimum absolute atomic E-state index is 0.104. The number of nitro benzene ring substituents is 1. The molecule has 1 aromatic rings. The molecule has 0 aliphatic heterocycles. The van der Waals surface area contributed by atoms with Gasteiger partial charge in [-0.1, -0.05) is 11.6 Å². The monoisotopic (exact) mass is 199 g/mol. The fourth-order valence-corrected chi connectivity index (χ4v) is 1.30. The second kappa shape index (κ2) is 3.53. The highest BCUT2D eigenvalue weighted by molar-refractivity contribution is 6.33. The average Bonchev–Trinajstić information content (AvgIpc) is 2.03. The van der Waals surface area contributed by atoms with Gasteiger partial charge in [-0.3, -0.25) is 14.9 Å². The highest BCUT2D eigenvalue weighted by Gasteiger charge is 2.11. The molecular weight excluding hydrogens is 194 g/mol. The molecule has 0 unspecified atom stereocenters. The van der Waals surface area contributed by atoms with Crippen molar-refractivity contribution >= 4 is 23.6 Å². The van der Waals surface area contributed by atoms with Crippen LogP contribution in [0.15, 0.2) is 12.1 Å². The first-order valence-corrected chi connectivity index (χ1v) is 3.83. The first-order valence-electron chi connectivity index (χ1n) is 3.46. The minimum Gasteiger partial charge on any atom is -0.298 e. The molecule has 4 nitrogen and oxygen atoms in total. The van der Waals surface area contributed by atoms with Crippen LogP contribution in [0.3, 0.4) is 0 Å². The van der Waals surface area contributed by atoms with Gasteiger partial charge in [-0.05, 0) is 12.5 Å². The molecule has 0 amide bonds. The Bertz CT molecular complexity index is 353. The van der Waals surface area contributed by atoms with Crippen molar-refractivity contribution in [2.45, 2.75) is 6.92 Å². The molecule has 68 valence electrons. The number of hydrogen-bond donors (Lipinski definition) is 0. The van der Waals surface area contributed by atoms with E-state index in [4.69, 9.17) is 11.6 Å². The highest BCUT2D eigenvalue weighted by Crippen LogP contribution is 2.24. The van der Waals surface area contributed by atoms with Crippen molar-refractivity contribution in [3.05, 3.63) is 38.4 Å². The lowest BCUT2D eigenvalue weighted by atomic mass is 10.1. The SMILES string of the molecule is Cc1cc([N+](=O)[O-])cc(Cl)c1C=O. The molecule has 0 spiro atoms. The maximum Gasteiger partial charge on any atom is 0.271 e. The Morgan fingerprint density at radius 3 is 2.54 bits per heavy atom. The van der Waals surface area contributed by atoms with E-state index in [1.165, 1.54) is 6.07 Å². The predicted octanol–water partition coefficient (Wildman–Crippen LogP) is 2.37. The van der Waals surface area contributed by atoms with Gasteiger partial charge in [0.25, 0.3) is 5.69 Å². The van der Waals surface area contributed by atoms with E-state index in [0.717, 1.165) is 6.07 Å². The maximum absolute atomic E-state index is 10.5. The van der Waals surface area contributed by atoms with E-state index in [1.807, 2.05) is 0 Å². The van der Waals surface area contributed by atoms with Crippen LogP contribution in [0, 0.1) is 17.0 Å². The molecule has 0 aliphatic carbocycles. The summed E-state index contributed by atoms with van der Waals surface area (Å²) >= 11 is 5.64. The molecule has 5 heteroatoms. The van der Waals surface area contributed by atoms with Crippen LogP contribution in [0.5, 0.6) is 0 Å². The second-order valence-corrected chi connectivity index (χ2v) is 2.94. The fourth-order valence-electron chi connectivity index (χ4n) is 0.992. The maximum atomic E-state index is 10.5. The molecule has 1 rings (SSSR count). The summed E-state index contributed by atoms with van der Waals surface area (Å²) in [4.78, 5) is 20.3. The number of nitro groups is 1. The number of hydrogen-bond acceptors (Lipinski definition) is 3. The number of non-ortho nitro benzene ring substituents is 1. The lowest BCUT2D eigenvalue weighted by molar-refractivity contribution is -0.384. The van der Waals surface area contributed by atoms with Gasteiger partial charge in [0.1, 0.15) is 0 Å². The zero-order valence-corrected chi connectivity index (χ0v) is 7.54. The summed E-state index contributed by atoms with van der Waals surface area (Å²) < 4.78 is 0. The number of nitrogens with zero attached hydrogens (tertiary/aromatic N) is 1. The van der Waals surface area contributed by atoms with Crippen LogP contribution in [-0.4, -0.2) is 11.2 Å². The third-order valence-electron chi connectivity index (χ3n) is 1.65. The first kappa shape index (κ1) is 9.67. The van der Waals surface area contributed by atoms with E-state index < -0.39 is 4.92 Å². The lowest BCUT2D eigenvalue weighted by Crippen LogP contribution is -1.93. The van der Waals surface area contributed by atoms with E-state index >= 15 is 0 Å². The van der Waals surface area contributed by atoms with E-state index in [9.17, 15) is 14.9 Å². The summed E-state index contributed by atoms with van der Waals surface area (Å²) in [6, 6.07) is 2.48. The molecule has 13 heavy (non-hydrogen) atoms. The van der Waals surface area contributed by atoms with Gasteiger partial charge < -0.3 is 0 Å². The van der Waals surface area contributed by atoms with Crippen LogP contribution < -0.4 is 0 Å². The summed E-state index contributed by atoms with van der Waals surface area (Å²) in [7, 11) is 0. The van der Waals surface area contributed by atoms with Crippen LogP contribution in [0.1, 0.15) is 15.9 Å². The average molecular weight is 200 g/mol. The van der Waals surface area contributed by atoms with Gasteiger partial charge in [0.2, 0.25) is 0 Å². The lowest BCUT2D eigenvalue weighted by Gasteiger charge is -2.00. The zero-order chi connectivity index (χ0) is 10.0. The molecule has 0 aliphatic rings. The number of rotatable bonds is 2. The fraction of sp³-hybridized carbons (Fsp3) is 0.125. The number of carbonyl (C=O) groups is 1. The van der Waals surface area contributed by atoms with Crippen molar-refractivity contribution < 1.29 is 9.72 Å². The van der Waals surface area contributed by atoms with Gasteiger partial charge in [-0.2, -0.15) is 0 Å². The predicted molar refractivity (Wildman–Crippen MR) is 48.2 cm³/mol. The molecule has 0 radical (unpaired) electrons. The topological polar surface area (TPSA) is 60.2 Å². The van der Waals surface area contributed by atoms with Crippen molar-refractivity contribution in [1.29, 1.82) is 0 Å². The number of carbonyl (C=O) groups excluding carboxylic acids is 1.